The van der Waals surface area contributed by atoms with Crippen molar-refractivity contribution in [1.82, 2.24) is 10.4 Å². The van der Waals surface area contributed by atoms with Crippen LogP contribution in [-0.4, -0.2) is 28.0 Å². The standard InChI is InChI=1S/C18H14BrN3O2S/c19-14-6-7-15(23)13(9-14)10-21-22-17(24)11-25-16-5-1-3-12-4-2-8-20-18(12)16/h1-10,23H,11H2,(H,22,24). The van der Waals surface area contributed by atoms with Crippen molar-refractivity contribution in [3.8, 4) is 5.75 Å². The van der Waals surface area contributed by atoms with Crippen LogP contribution in [0.15, 0.2) is 69.2 Å². The minimum Gasteiger partial charge on any atom is -0.507 e. The second kappa shape index (κ2) is 8.13. The molecule has 5 nitrogen and oxygen atoms in total. The number of thioether (sulfide) groups is 1. The van der Waals surface area contributed by atoms with Crippen molar-refractivity contribution < 1.29 is 9.90 Å². The zero-order valence-corrected chi connectivity index (χ0v) is 15.4. The van der Waals surface area contributed by atoms with E-state index >= 15 is 0 Å². The van der Waals surface area contributed by atoms with E-state index in [-0.39, 0.29) is 17.4 Å². The number of phenolic OH excluding ortho intramolecular Hbond substituents is 1. The van der Waals surface area contributed by atoms with Crippen LogP contribution in [0.5, 0.6) is 5.75 Å². The molecule has 1 aromatic heterocycles. The molecular weight excluding hydrogens is 402 g/mol. The summed E-state index contributed by atoms with van der Waals surface area (Å²) in [5, 5.41) is 14.6. The Morgan fingerprint density at radius 3 is 3.00 bits per heavy atom. The van der Waals surface area contributed by atoms with Gasteiger partial charge in [-0.2, -0.15) is 5.10 Å². The first-order chi connectivity index (χ1) is 12.1. The van der Waals surface area contributed by atoms with Gasteiger partial charge < -0.3 is 5.11 Å². The van der Waals surface area contributed by atoms with E-state index in [0.717, 1.165) is 20.3 Å². The minimum atomic E-state index is -0.233. The summed E-state index contributed by atoms with van der Waals surface area (Å²) in [6.07, 6.45) is 3.14. The van der Waals surface area contributed by atoms with Crippen LogP contribution in [0.4, 0.5) is 0 Å². The lowest BCUT2D eigenvalue weighted by atomic mass is 10.2. The molecule has 2 aromatic carbocycles. The smallest absolute Gasteiger partial charge is 0.250 e. The molecule has 0 spiro atoms. The van der Waals surface area contributed by atoms with E-state index in [1.807, 2.05) is 30.3 Å². The number of nitrogens with one attached hydrogen (secondary N) is 1. The van der Waals surface area contributed by atoms with Crippen LogP contribution >= 0.6 is 27.7 Å². The molecule has 1 amide bonds. The number of fused-ring (bicyclic) bond motifs is 1. The Bertz CT molecular complexity index is 941. The number of pyridine rings is 1. The lowest BCUT2D eigenvalue weighted by Crippen LogP contribution is -2.19. The molecule has 3 rings (SSSR count). The fourth-order valence-electron chi connectivity index (χ4n) is 2.17. The average Bonchev–Trinajstić information content (AvgIpc) is 2.63. The first kappa shape index (κ1) is 17.4. The molecule has 0 aliphatic heterocycles. The molecule has 0 saturated heterocycles. The third kappa shape index (κ3) is 4.58. The van der Waals surface area contributed by atoms with Gasteiger partial charge in [-0.15, -0.1) is 11.8 Å². The number of phenols is 1. The van der Waals surface area contributed by atoms with Crippen LogP contribution < -0.4 is 5.43 Å². The molecule has 2 N–H and O–H groups in total. The van der Waals surface area contributed by atoms with Crippen molar-refractivity contribution in [2.45, 2.75) is 4.90 Å². The van der Waals surface area contributed by atoms with Crippen LogP contribution in [0.1, 0.15) is 5.56 Å². The maximum absolute atomic E-state index is 12.0. The number of amides is 1. The Balaban J connectivity index is 1.59. The third-order valence-corrected chi connectivity index (χ3v) is 4.88. The molecule has 0 radical (unpaired) electrons. The highest BCUT2D eigenvalue weighted by atomic mass is 79.9. The number of benzene rings is 2. The molecule has 25 heavy (non-hydrogen) atoms. The topological polar surface area (TPSA) is 74.6 Å². The largest absolute Gasteiger partial charge is 0.507 e. The Morgan fingerprint density at radius 2 is 2.12 bits per heavy atom. The summed E-state index contributed by atoms with van der Waals surface area (Å²) in [5.74, 6) is 0.0818. The summed E-state index contributed by atoms with van der Waals surface area (Å²) in [6, 6.07) is 14.7. The Labute approximate surface area is 157 Å². The number of aromatic hydroxyl groups is 1. The van der Waals surface area contributed by atoms with E-state index in [1.54, 1.807) is 24.4 Å². The SMILES string of the molecule is O=C(CSc1cccc2cccnc12)NN=Cc1cc(Br)ccc1O. The molecule has 0 saturated carbocycles. The number of hydrogen-bond acceptors (Lipinski definition) is 5. The number of rotatable bonds is 5. The Hall–Kier alpha value is -2.38. The van der Waals surface area contributed by atoms with Gasteiger partial charge in [0.25, 0.3) is 0 Å². The summed E-state index contributed by atoms with van der Waals surface area (Å²) < 4.78 is 0.817. The Kier molecular flexibility index (Phi) is 5.67. The monoisotopic (exact) mass is 415 g/mol. The van der Waals surface area contributed by atoms with Gasteiger partial charge in [0.2, 0.25) is 5.91 Å². The Morgan fingerprint density at radius 1 is 1.28 bits per heavy atom. The van der Waals surface area contributed by atoms with Crippen LogP contribution in [-0.2, 0) is 4.79 Å². The number of hydrogen-bond donors (Lipinski definition) is 2. The molecule has 7 heteroatoms. The van der Waals surface area contributed by atoms with Gasteiger partial charge in [-0.1, -0.05) is 34.1 Å². The molecular formula is C18H14BrN3O2S. The number of halogens is 1. The zero-order valence-electron chi connectivity index (χ0n) is 13.0. The lowest BCUT2D eigenvalue weighted by molar-refractivity contribution is -0.118. The highest BCUT2D eigenvalue weighted by Crippen LogP contribution is 2.25. The summed E-state index contributed by atoms with van der Waals surface area (Å²) in [7, 11) is 0. The second-order valence-electron chi connectivity index (χ2n) is 5.12. The minimum absolute atomic E-state index is 0.0948. The predicted molar refractivity (Wildman–Crippen MR) is 104 cm³/mol. The molecule has 0 aliphatic carbocycles. The zero-order chi connectivity index (χ0) is 17.6. The molecule has 0 aliphatic rings. The molecule has 1 heterocycles. The lowest BCUT2D eigenvalue weighted by Gasteiger charge is -2.04. The predicted octanol–water partition coefficient (Wildman–Crippen LogP) is 3.95. The van der Waals surface area contributed by atoms with Crippen LogP contribution in [0.3, 0.4) is 0 Å². The van der Waals surface area contributed by atoms with E-state index in [4.69, 9.17) is 0 Å². The number of carbonyl (C=O) groups is 1. The number of carbonyl (C=O) groups excluding carboxylic acids is 1. The van der Waals surface area contributed by atoms with E-state index < -0.39 is 0 Å². The third-order valence-electron chi connectivity index (χ3n) is 3.34. The van der Waals surface area contributed by atoms with E-state index in [1.165, 1.54) is 18.0 Å². The van der Waals surface area contributed by atoms with Gasteiger partial charge in [0.15, 0.2) is 0 Å². The van der Waals surface area contributed by atoms with Gasteiger partial charge in [-0.05, 0) is 30.3 Å². The quantitative estimate of drug-likeness (QED) is 0.375. The summed E-state index contributed by atoms with van der Waals surface area (Å²) in [4.78, 5) is 17.3. The van der Waals surface area contributed by atoms with E-state index in [9.17, 15) is 9.90 Å². The normalized spacial score (nSPS) is 11.1. The van der Waals surface area contributed by atoms with Crippen molar-refractivity contribution >= 4 is 50.7 Å². The van der Waals surface area contributed by atoms with Gasteiger partial charge in [0.1, 0.15) is 5.75 Å². The fourth-order valence-corrected chi connectivity index (χ4v) is 3.38. The molecule has 0 fully saturated rings. The van der Waals surface area contributed by atoms with Crippen molar-refractivity contribution in [3.05, 3.63) is 64.8 Å². The van der Waals surface area contributed by atoms with Gasteiger partial charge in [-0.25, -0.2) is 5.43 Å². The van der Waals surface area contributed by atoms with Crippen LogP contribution in [0, 0.1) is 0 Å². The number of hydrazone groups is 1. The summed E-state index contributed by atoms with van der Waals surface area (Å²) in [6.45, 7) is 0. The number of aromatic nitrogens is 1. The number of nitrogens with zero attached hydrogens (tertiary/aromatic N) is 2. The van der Waals surface area contributed by atoms with Crippen LogP contribution in [0.25, 0.3) is 10.9 Å². The maximum atomic E-state index is 12.0. The van der Waals surface area contributed by atoms with Crippen molar-refractivity contribution in [3.63, 3.8) is 0 Å². The fraction of sp³-hybridized carbons (Fsp3) is 0.0556. The molecule has 0 unspecified atom stereocenters. The molecule has 0 atom stereocenters. The maximum Gasteiger partial charge on any atom is 0.250 e. The highest BCUT2D eigenvalue weighted by Gasteiger charge is 2.06. The molecule has 0 bridgehead atoms. The summed E-state index contributed by atoms with van der Waals surface area (Å²) in [5.41, 5.74) is 3.85. The van der Waals surface area contributed by atoms with Gasteiger partial charge in [0.05, 0.1) is 17.5 Å². The van der Waals surface area contributed by atoms with Crippen molar-refractivity contribution in [1.29, 1.82) is 0 Å². The molecule has 126 valence electrons. The van der Waals surface area contributed by atoms with Gasteiger partial charge in [-0.3, -0.25) is 9.78 Å². The second-order valence-corrected chi connectivity index (χ2v) is 7.05. The average molecular weight is 416 g/mol. The number of para-hydroxylation sites is 1. The summed E-state index contributed by atoms with van der Waals surface area (Å²) >= 11 is 4.72. The van der Waals surface area contributed by atoms with Crippen molar-refractivity contribution in [2.75, 3.05) is 5.75 Å². The first-order valence-electron chi connectivity index (χ1n) is 7.40. The highest BCUT2D eigenvalue weighted by molar-refractivity contribution is 9.10. The van der Waals surface area contributed by atoms with E-state index in [2.05, 4.69) is 31.4 Å². The van der Waals surface area contributed by atoms with Crippen molar-refractivity contribution in [2.24, 2.45) is 5.10 Å². The van der Waals surface area contributed by atoms with Gasteiger partial charge in [0, 0.05) is 26.5 Å². The van der Waals surface area contributed by atoms with Gasteiger partial charge >= 0.3 is 0 Å². The van der Waals surface area contributed by atoms with E-state index in [0.29, 0.717) is 5.56 Å². The first-order valence-corrected chi connectivity index (χ1v) is 9.18. The van der Waals surface area contributed by atoms with Crippen LogP contribution in [0.2, 0.25) is 0 Å². The molecule has 3 aromatic rings.